The Balaban J connectivity index is 1.56. The number of amides is 1. The van der Waals surface area contributed by atoms with Gasteiger partial charge in [0.15, 0.2) is 0 Å². The lowest BCUT2D eigenvalue weighted by molar-refractivity contribution is -0.159. The molecule has 2 aliphatic heterocycles. The number of aromatic nitrogens is 2. The fourth-order valence-electron chi connectivity index (χ4n) is 3.86. The zero-order valence-corrected chi connectivity index (χ0v) is 18.9. The van der Waals surface area contributed by atoms with Crippen LogP contribution in [0.25, 0.3) is 0 Å². The maximum atomic E-state index is 13.8. The van der Waals surface area contributed by atoms with Crippen LogP contribution in [0.15, 0.2) is 29.5 Å². The SMILES string of the molecule is CN(Cc1cc(F)ccc1OC(C)(F)F)C(=O)C1=NCc2ncnc(N[C@@H]3COC[C@@H](O)[C@H]3O)c21. The molecule has 2 aromatic rings. The molecule has 1 aromatic carbocycles. The van der Waals surface area contributed by atoms with Crippen LogP contribution >= 0.6 is 0 Å². The van der Waals surface area contributed by atoms with E-state index in [1.54, 1.807) is 0 Å². The number of hydrogen-bond acceptors (Lipinski definition) is 9. The average molecular weight is 495 g/mol. The number of aliphatic hydroxyl groups excluding tert-OH is 2. The van der Waals surface area contributed by atoms with Crippen molar-refractivity contribution in [3.05, 3.63) is 47.2 Å². The van der Waals surface area contributed by atoms with Crippen LogP contribution in [0.2, 0.25) is 0 Å². The predicted octanol–water partition coefficient (Wildman–Crippen LogP) is 1.10. The number of hydrogen-bond donors (Lipinski definition) is 3. The Morgan fingerprint density at radius 2 is 2.09 bits per heavy atom. The molecule has 0 saturated carbocycles. The van der Waals surface area contributed by atoms with Crippen molar-refractivity contribution in [2.75, 3.05) is 25.6 Å². The summed E-state index contributed by atoms with van der Waals surface area (Å²) in [6.07, 6.45) is -4.43. The largest absolute Gasteiger partial charge is 0.432 e. The van der Waals surface area contributed by atoms with E-state index < -0.39 is 36.1 Å². The highest BCUT2D eigenvalue weighted by Crippen LogP contribution is 2.29. The molecule has 0 radical (unpaired) electrons. The molecule has 1 aromatic heterocycles. The van der Waals surface area contributed by atoms with Crippen molar-refractivity contribution in [2.24, 2.45) is 4.99 Å². The zero-order valence-electron chi connectivity index (χ0n) is 18.9. The highest BCUT2D eigenvalue weighted by molar-refractivity contribution is 6.47. The van der Waals surface area contributed by atoms with Crippen LogP contribution in [-0.2, 0) is 22.6 Å². The number of nitrogens with zero attached hydrogens (tertiary/aromatic N) is 4. The van der Waals surface area contributed by atoms with Gasteiger partial charge in [0.25, 0.3) is 5.91 Å². The van der Waals surface area contributed by atoms with E-state index in [9.17, 15) is 28.2 Å². The van der Waals surface area contributed by atoms with E-state index in [2.05, 4.69) is 25.0 Å². The minimum Gasteiger partial charge on any atom is -0.432 e. The predicted molar refractivity (Wildman–Crippen MR) is 117 cm³/mol. The molecule has 3 N–H and O–H groups in total. The highest BCUT2D eigenvalue weighted by atomic mass is 19.3. The maximum absolute atomic E-state index is 13.8. The average Bonchev–Trinajstić information content (AvgIpc) is 3.22. The van der Waals surface area contributed by atoms with E-state index in [0.717, 1.165) is 18.2 Å². The van der Waals surface area contributed by atoms with Crippen LogP contribution in [0.1, 0.15) is 23.7 Å². The second-order valence-electron chi connectivity index (χ2n) is 8.38. The van der Waals surface area contributed by atoms with Crippen LogP contribution in [-0.4, -0.2) is 81.3 Å². The van der Waals surface area contributed by atoms with Gasteiger partial charge in [0.05, 0.1) is 37.1 Å². The van der Waals surface area contributed by atoms with Gasteiger partial charge < -0.3 is 29.9 Å². The first-order chi connectivity index (χ1) is 16.5. The van der Waals surface area contributed by atoms with Crippen molar-refractivity contribution in [1.29, 1.82) is 0 Å². The number of aliphatic hydroxyl groups is 2. The van der Waals surface area contributed by atoms with Gasteiger partial charge in [-0.1, -0.05) is 0 Å². The van der Waals surface area contributed by atoms with Gasteiger partial charge in [-0.15, -0.1) is 0 Å². The first-order valence-electron chi connectivity index (χ1n) is 10.7. The lowest BCUT2D eigenvalue weighted by Gasteiger charge is -2.33. The topological polar surface area (TPSA) is 129 Å². The van der Waals surface area contributed by atoms with Crippen molar-refractivity contribution in [3.8, 4) is 5.75 Å². The number of alkyl halides is 2. The van der Waals surface area contributed by atoms with E-state index in [4.69, 9.17) is 4.74 Å². The third-order valence-corrected chi connectivity index (χ3v) is 5.53. The summed E-state index contributed by atoms with van der Waals surface area (Å²) in [5.41, 5.74) is 0.830. The smallest absolute Gasteiger partial charge is 0.394 e. The van der Waals surface area contributed by atoms with Crippen molar-refractivity contribution in [3.63, 3.8) is 0 Å². The van der Waals surface area contributed by atoms with Gasteiger partial charge in [-0.05, 0) is 18.2 Å². The van der Waals surface area contributed by atoms with E-state index >= 15 is 0 Å². The fourth-order valence-corrected chi connectivity index (χ4v) is 3.86. The van der Waals surface area contributed by atoms with E-state index in [-0.39, 0.29) is 49.1 Å². The van der Waals surface area contributed by atoms with Gasteiger partial charge in [-0.2, -0.15) is 8.78 Å². The van der Waals surface area contributed by atoms with Gasteiger partial charge in [0.2, 0.25) is 0 Å². The summed E-state index contributed by atoms with van der Waals surface area (Å²) in [4.78, 5) is 27.0. The molecule has 1 fully saturated rings. The summed E-state index contributed by atoms with van der Waals surface area (Å²) < 4.78 is 50.5. The number of carbonyl (C=O) groups is 1. The zero-order chi connectivity index (χ0) is 25.3. The minimum absolute atomic E-state index is 0.00698. The summed E-state index contributed by atoms with van der Waals surface area (Å²) in [7, 11) is 1.41. The Kier molecular flexibility index (Phi) is 6.92. The summed E-state index contributed by atoms with van der Waals surface area (Å²) in [6, 6.07) is 2.38. The molecule has 13 heteroatoms. The molecule has 3 atom stereocenters. The number of fused-ring (bicyclic) bond motifs is 1. The number of benzene rings is 1. The van der Waals surface area contributed by atoms with Gasteiger partial charge in [0, 0.05) is 26.1 Å². The molecule has 35 heavy (non-hydrogen) atoms. The van der Waals surface area contributed by atoms with Crippen LogP contribution in [0, 0.1) is 5.82 Å². The molecule has 0 unspecified atom stereocenters. The third-order valence-electron chi connectivity index (χ3n) is 5.53. The molecular formula is C22H24F3N5O5. The van der Waals surface area contributed by atoms with E-state index in [0.29, 0.717) is 18.2 Å². The number of anilines is 1. The molecule has 0 spiro atoms. The molecule has 10 nitrogen and oxygen atoms in total. The summed E-state index contributed by atoms with van der Waals surface area (Å²) >= 11 is 0. The molecule has 3 heterocycles. The van der Waals surface area contributed by atoms with Gasteiger partial charge in [-0.25, -0.2) is 14.4 Å². The van der Waals surface area contributed by atoms with Crippen molar-refractivity contribution in [2.45, 2.75) is 44.4 Å². The molecule has 188 valence electrons. The summed E-state index contributed by atoms with van der Waals surface area (Å²) in [6.45, 7) is 0.508. The molecule has 1 saturated heterocycles. The highest BCUT2D eigenvalue weighted by Gasteiger charge is 2.35. The monoisotopic (exact) mass is 495 g/mol. The Hall–Kier alpha value is -3.29. The first-order valence-corrected chi connectivity index (χ1v) is 10.7. The Bertz CT molecular complexity index is 1140. The Morgan fingerprint density at radius 3 is 2.83 bits per heavy atom. The second-order valence-corrected chi connectivity index (χ2v) is 8.38. The van der Waals surface area contributed by atoms with E-state index in [1.807, 2.05) is 0 Å². The van der Waals surface area contributed by atoms with Gasteiger partial charge >= 0.3 is 6.11 Å². The molecule has 1 amide bonds. The van der Waals surface area contributed by atoms with Crippen LogP contribution in [0.4, 0.5) is 19.0 Å². The molecule has 2 aliphatic rings. The number of aliphatic imine (C=N–C) groups is 1. The number of nitrogens with one attached hydrogen (secondary N) is 1. The Labute approximate surface area is 198 Å². The molecule has 0 bridgehead atoms. The van der Waals surface area contributed by atoms with Crippen molar-refractivity contribution >= 4 is 17.4 Å². The number of ether oxygens (including phenoxy) is 2. The number of halogens is 3. The van der Waals surface area contributed by atoms with Crippen LogP contribution in [0.3, 0.4) is 0 Å². The Morgan fingerprint density at radius 1 is 1.31 bits per heavy atom. The lowest BCUT2D eigenvalue weighted by atomic mass is 10.0. The minimum atomic E-state index is -3.50. The number of carbonyl (C=O) groups excluding carboxylic acids is 1. The van der Waals surface area contributed by atoms with Gasteiger partial charge in [0.1, 0.15) is 41.6 Å². The molecule has 4 rings (SSSR count). The lowest BCUT2D eigenvalue weighted by Crippen LogP contribution is -2.51. The molecule has 0 aliphatic carbocycles. The first kappa shape index (κ1) is 24.8. The summed E-state index contributed by atoms with van der Waals surface area (Å²) in [5.74, 6) is -1.30. The van der Waals surface area contributed by atoms with Gasteiger partial charge in [-0.3, -0.25) is 9.79 Å². The maximum Gasteiger partial charge on any atom is 0.394 e. The normalized spacial score (nSPS) is 21.8. The summed E-state index contributed by atoms with van der Waals surface area (Å²) in [5, 5.41) is 23.1. The standard InChI is InChI=1S/C22H24F3N5O5/c1-22(24,25)35-16-4-3-12(23)5-11(16)7-30(2)21(33)18-17-13(6-26-18)27-10-28-20(17)29-14-8-34-9-15(31)19(14)32/h3-5,10,14-15,19,31-32H,6-9H2,1-2H3,(H,27,28,29)/t14-,15-,19+/m1/s1. The van der Waals surface area contributed by atoms with Crippen molar-refractivity contribution in [1.82, 2.24) is 14.9 Å². The van der Waals surface area contributed by atoms with Crippen LogP contribution < -0.4 is 10.1 Å². The van der Waals surface area contributed by atoms with Crippen LogP contribution in [0.5, 0.6) is 5.75 Å². The van der Waals surface area contributed by atoms with E-state index in [1.165, 1.54) is 18.3 Å². The quantitative estimate of drug-likeness (QED) is 0.521. The molecular weight excluding hydrogens is 471 g/mol. The number of rotatable bonds is 7. The fraction of sp³-hybridized carbons (Fsp3) is 0.455. The number of likely N-dealkylation sites (N-methyl/N-ethyl adjacent to an activating group) is 1. The second kappa shape index (κ2) is 9.76. The van der Waals surface area contributed by atoms with Crippen molar-refractivity contribution < 1.29 is 37.7 Å². The third kappa shape index (κ3) is 5.52.